The van der Waals surface area contributed by atoms with Gasteiger partial charge in [-0.15, -0.1) is 0 Å². The van der Waals surface area contributed by atoms with Crippen LogP contribution in [0, 0.1) is 6.92 Å². The normalized spacial score (nSPS) is 14.9. The van der Waals surface area contributed by atoms with Gasteiger partial charge in [0.15, 0.2) is 0 Å². The quantitative estimate of drug-likeness (QED) is 0.406. The number of nitrogens with zero attached hydrogens (tertiary/aromatic N) is 2. The first-order valence-electron chi connectivity index (χ1n) is 10.4. The highest BCUT2D eigenvalue weighted by Gasteiger charge is 2.43. The van der Waals surface area contributed by atoms with E-state index in [2.05, 4.69) is 10.2 Å². The van der Waals surface area contributed by atoms with E-state index in [1.54, 1.807) is 29.2 Å². The number of carbonyl (C=O) groups excluding carboxylic acids is 2. The monoisotopic (exact) mass is 457 g/mol. The van der Waals surface area contributed by atoms with Gasteiger partial charge in [0.25, 0.3) is 5.91 Å². The Labute approximate surface area is 195 Å². The fourth-order valence-corrected chi connectivity index (χ4v) is 4.31. The number of aryl methyl sites for hydroxylation is 1. The molecule has 0 radical (unpaired) electrons. The number of carbonyl (C=O) groups is 2. The predicted molar refractivity (Wildman–Crippen MR) is 127 cm³/mol. The molecule has 1 atom stereocenters. The summed E-state index contributed by atoms with van der Waals surface area (Å²) in [7, 11) is 1.35. The minimum Gasteiger partial charge on any atom is -0.465 e. The number of rotatable bonds is 4. The number of halogens is 1. The topological polar surface area (TPSA) is 75.3 Å². The lowest BCUT2D eigenvalue weighted by Gasteiger charge is -2.26. The molecule has 1 amide bonds. The lowest BCUT2D eigenvalue weighted by atomic mass is 9.95. The van der Waals surface area contributed by atoms with Gasteiger partial charge in [-0.3, -0.25) is 14.8 Å². The number of nitrogens with one attached hydrogen (secondary N) is 1. The number of anilines is 1. The van der Waals surface area contributed by atoms with Crippen molar-refractivity contribution in [2.24, 2.45) is 0 Å². The maximum Gasteiger partial charge on any atom is 0.337 e. The number of aromatic amines is 1. The van der Waals surface area contributed by atoms with Gasteiger partial charge in [0.05, 0.1) is 24.4 Å². The van der Waals surface area contributed by atoms with Crippen LogP contribution in [0.2, 0.25) is 5.02 Å². The zero-order chi connectivity index (χ0) is 23.1. The average molecular weight is 458 g/mol. The van der Waals surface area contributed by atoms with Gasteiger partial charge in [-0.05, 0) is 48.9 Å². The second-order valence-electron chi connectivity index (χ2n) is 7.89. The molecule has 0 bridgehead atoms. The van der Waals surface area contributed by atoms with E-state index < -0.39 is 12.0 Å². The molecule has 4 aromatic rings. The standard InChI is InChI=1S/C26H20ClN3O3/c1-15-3-5-16(6-4-15)22-21-23(29-28-22)25(31)30(20-13-11-19(27)12-14-20)24(21)17-7-9-18(10-8-17)26(32)33-2/h3-14,24H,1-2H3,(H,28,29). The Bertz CT molecular complexity index is 1340. The molecule has 0 aliphatic carbocycles. The molecule has 164 valence electrons. The lowest BCUT2D eigenvalue weighted by Crippen LogP contribution is -2.29. The summed E-state index contributed by atoms with van der Waals surface area (Å²) in [5.41, 5.74) is 6.02. The summed E-state index contributed by atoms with van der Waals surface area (Å²) in [5, 5.41) is 8.04. The smallest absolute Gasteiger partial charge is 0.337 e. The maximum atomic E-state index is 13.5. The number of hydrogen-bond acceptors (Lipinski definition) is 4. The van der Waals surface area contributed by atoms with Gasteiger partial charge in [0, 0.05) is 21.8 Å². The molecule has 3 aromatic carbocycles. The summed E-state index contributed by atoms with van der Waals surface area (Å²) in [5.74, 6) is -0.594. The van der Waals surface area contributed by atoms with Crippen molar-refractivity contribution in [3.05, 3.63) is 106 Å². The van der Waals surface area contributed by atoms with E-state index in [0.29, 0.717) is 22.0 Å². The van der Waals surface area contributed by atoms with Crippen LogP contribution in [0.25, 0.3) is 11.3 Å². The van der Waals surface area contributed by atoms with Crippen LogP contribution < -0.4 is 4.90 Å². The second-order valence-corrected chi connectivity index (χ2v) is 8.33. The average Bonchev–Trinajstić information content (AvgIpc) is 3.39. The molecule has 5 rings (SSSR count). The van der Waals surface area contributed by atoms with Crippen molar-refractivity contribution in [2.45, 2.75) is 13.0 Å². The van der Waals surface area contributed by atoms with Crippen LogP contribution in [0.3, 0.4) is 0 Å². The minimum atomic E-state index is -0.435. The molecule has 33 heavy (non-hydrogen) atoms. The fourth-order valence-electron chi connectivity index (χ4n) is 4.18. The Kier molecular flexibility index (Phi) is 5.23. The Hall–Kier alpha value is -3.90. The highest BCUT2D eigenvalue weighted by Crippen LogP contribution is 2.45. The van der Waals surface area contributed by atoms with Crippen LogP contribution in [-0.4, -0.2) is 29.2 Å². The molecule has 6 nitrogen and oxygen atoms in total. The molecular formula is C26H20ClN3O3. The van der Waals surface area contributed by atoms with E-state index in [4.69, 9.17) is 16.3 Å². The number of ether oxygens (including phenoxy) is 1. The third-order valence-corrected chi connectivity index (χ3v) is 6.10. The van der Waals surface area contributed by atoms with Crippen molar-refractivity contribution >= 4 is 29.2 Å². The fraction of sp³-hybridized carbons (Fsp3) is 0.115. The third kappa shape index (κ3) is 3.58. The highest BCUT2D eigenvalue weighted by molar-refractivity contribution is 6.30. The number of methoxy groups -OCH3 is 1. The molecule has 2 heterocycles. The van der Waals surface area contributed by atoms with Crippen LogP contribution in [0.5, 0.6) is 0 Å². The number of amides is 1. The van der Waals surface area contributed by atoms with Gasteiger partial charge < -0.3 is 4.74 Å². The Morgan fingerprint density at radius 3 is 2.30 bits per heavy atom. The van der Waals surface area contributed by atoms with E-state index in [0.717, 1.165) is 27.9 Å². The number of fused-ring (bicyclic) bond motifs is 1. The largest absolute Gasteiger partial charge is 0.465 e. The first kappa shape index (κ1) is 21.0. The Morgan fingerprint density at radius 1 is 1.00 bits per heavy atom. The molecule has 0 saturated carbocycles. The summed E-state index contributed by atoms with van der Waals surface area (Å²) in [6.45, 7) is 2.02. The number of hydrogen-bond donors (Lipinski definition) is 1. The molecule has 0 spiro atoms. The van der Waals surface area contributed by atoms with Crippen molar-refractivity contribution in [1.82, 2.24) is 10.2 Å². The number of esters is 1. The predicted octanol–water partition coefficient (Wildman–Crippen LogP) is 5.57. The van der Waals surface area contributed by atoms with E-state index >= 15 is 0 Å². The summed E-state index contributed by atoms with van der Waals surface area (Å²) < 4.78 is 4.82. The van der Waals surface area contributed by atoms with E-state index in [1.807, 2.05) is 55.5 Å². The summed E-state index contributed by atoms with van der Waals surface area (Å²) in [6, 6.07) is 21.8. The highest BCUT2D eigenvalue weighted by atomic mass is 35.5. The van der Waals surface area contributed by atoms with E-state index in [9.17, 15) is 9.59 Å². The van der Waals surface area contributed by atoms with Gasteiger partial charge in [0.2, 0.25) is 0 Å². The second kappa shape index (κ2) is 8.22. The Balaban J connectivity index is 1.68. The van der Waals surface area contributed by atoms with Crippen LogP contribution >= 0.6 is 11.6 Å². The third-order valence-electron chi connectivity index (χ3n) is 5.85. The van der Waals surface area contributed by atoms with Gasteiger partial charge >= 0.3 is 5.97 Å². The van der Waals surface area contributed by atoms with Crippen molar-refractivity contribution in [3.8, 4) is 11.3 Å². The van der Waals surface area contributed by atoms with E-state index in [1.165, 1.54) is 7.11 Å². The molecule has 0 saturated heterocycles. The molecule has 0 fully saturated rings. The Morgan fingerprint density at radius 2 is 1.67 bits per heavy atom. The maximum absolute atomic E-state index is 13.5. The van der Waals surface area contributed by atoms with E-state index in [-0.39, 0.29) is 5.91 Å². The van der Waals surface area contributed by atoms with Gasteiger partial charge in [-0.25, -0.2) is 4.79 Å². The van der Waals surface area contributed by atoms with Crippen molar-refractivity contribution < 1.29 is 14.3 Å². The van der Waals surface area contributed by atoms with Crippen LogP contribution in [0.15, 0.2) is 72.8 Å². The first-order valence-corrected chi connectivity index (χ1v) is 10.8. The van der Waals surface area contributed by atoms with Crippen LogP contribution in [0.1, 0.15) is 43.6 Å². The van der Waals surface area contributed by atoms with Gasteiger partial charge in [-0.2, -0.15) is 5.10 Å². The SMILES string of the molecule is COC(=O)c1ccc(C2c3c(-c4ccc(C)cc4)n[nH]c3C(=O)N2c2ccc(Cl)cc2)cc1. The molecule has 7 heteroatoms. The van der Waals surface area contributed by atoms with Crippen LogP contribution in [0.4, 0.5) is 5.69 Å². The zero-order valence-corrected chi connectivity index (χ0v) is 18.8. The lowest BCUT2D eigenvalue weighted by molar-refractivity contribution is 0.0600. The number of benzene rings is 3. The van der Waals surface area contributed by atoms with Crippen molar-refractivity contribution in [1.29, 1.82) is 0 Å². The number of H-pyrrole nitrogens is 1. The summed E-state index contributed by atoms with van der Waals surface area (Å²) in [6.07, 6.45) is 0. The molecule has 1 aliphatic heterocycles. The summed E-state index contributed by atoms with van der Waals surface area (Å²) >= 11 is 6.09. The molecular weight excluding hydrogens is 438 g/mol. The number of aromatic nitrogens is 2. The summed E-state index contributed by atoms with van der Waals surface area (Å²) in [4.78, 5) is 27.2. The molecule has 1 unspecified atom stereocenters. The van der Waals surface area contributed by atoms with Crippen molar-refractivity contribution in [2.75, 3.05) is 12.0 Å². The van der Waals surface area contributed by atoms with Gasteiger partial charge in [0.1, 0.15) is 5.69 Å². The van der Waals surface area contributed by atoms with Crippen molar-refractivity contribution in [3.63, 3.8) is 0 Å². The van der Waals surface area contributed by atoms with Gasteiger partial charge in [-0.1, -0.05) is 53.6 Å². The molecule has 1 aromatic heterocycles. The zero-order valence-electron chi connectivity index (χ0n) is 18.0. The molecule has 1 N–H and O–H groups in total. The minimum absolute atomic E-state index is 0.180. The molecule has 1 aliphatic rings. The van der Waals surface area contributed by atoms with Crippen LogP contribution in [-0.2, 0) is 4.74 Å². The first-order chi connectivity index (χ1) is 16.0.